The first-order valence-electron chi connectivity index (χ1n) is 5.80. The Morgan fingerprint density at radius 3 is 1.94 bits per heavy atom. The predicted octanol–water partition coefficient (Wildman–Crippen LogP) is 2.83. The minimum Gasteiger partial charge on any atom is -0.480 e. The van der Waals surface area contributed by atoms with Crippen molar-refractivity contribution in [2.75, 3.05) is 11.9 Å². The summed E-state index contributed by atoms with van der Waals surface area (Å²) in [4.78, 5) is 12.9. The number of rotatable bonds is 3. The smallest absolute Gasteiger partial charge is 0.326 e. The highest BCUT2D eigenvalue weighted by Crippen LogP contribution is 2.30. The van der Waals surface area contributed by atoms with Crippen molar-refractivity contribution in [1.82, 2.24) is 0 Å². The van der Waals surface area contributed by atoms with Crippen LogP contribution in [0, 0.1) is 27.7 Å². The van der Waals surface area contributed by atoms with Gasteiger partial charge in [-0.1, -0.05) is 6.07 Å². The van der Waals surface area contributed by atoms with Crippen LogP contribution >= 0.6 is 0 Å². The summed E-state index contributed by atoms with van der Waals surface area (Å²) in [6.07, 6.45) is 0. The van der Waals surface area contributed by atoms with Gasteiger partial charge in [0, 0.05) is 12.7 Å². The molecule has 0 amide bonds. The first kappa shape index (κ1) is 13.6. The van der Waals surface area contributed by atoms with Crippen molar-refractivity contribution in [1.29, 1.82) is 0 Å². The van der Waals surface area contributed by atoms with Crippen molar-refractivity contribution in [3.63, 3.8) is 0 Å². The molecule has 0 fully saturated rings. The molecule has 0 saturated carbocycles. The fourth-order valence-electron chi connectivity index (χ4n) is 2.08. The third-order valence-electron chi connectivity index (χ3n) is 3.62. The summed E-state index contributed by atoms with van der Waals surface area (Å²) in [5, 5.41) is 9.09. The number of anilines is 1. The second kappa shape index (κ2) is 4.78. The zero-order valence-electron chi connectivity index (χ0n) is 11.5. The van der Waals surface area contributed by atoms with E-state index in [4.69, 9.17) is 5.11 Å². The van der Waals surface area contributed by atoms with Gasteiger partial charge in [0.25, 0.3) is 0 Å². The molecule has 94 valence electrons. The molecule has 0 aliphatic rings. The maximum Gasteiger partial charge on any atom is 0.326 e. The Balaban J connectivity index is 3.35. The Bertz CT molecular complexity index is 426. The third kappa shape index (κ3) is 2.43. The number of nitrogens with zero attached hydrogens (tertiary/aromatic N) is 1. The van der Waals surface area contributed by atoms with Crippen LogP contribution in [-0.2, 0) is 4.79 Å². The van der Waals surface area contributed by atoms with Gasteiger partial charge < -0.3 is 10.0 Å². The summed E-state index contributed by atoms with van der Waals surface area (Å²) in [6.45, 7) is 9.92. The van der Waals surface area contributed by atoms with Crippen LogP contribution in [0.3, 0.4) is 0 Å². The van der Waals surface area contributed by atoms with E-state index in [9.17, 15) is 4.79 Å². The average Bonchev–Trinajstić information content (AvgIpc) is 2.25. The molecule has 17 heavy (non-hydrogen) atoms. The van der Waals surface area contributed by atoms with Crippen LogP contribution in [0.2, 0.25) is 0 Å². The van der Waals surface area contributed by atoms with E-state index in [1.165, 1.54) is 11.1 Å². The molecule has 1 aromatic rings. The topological polar surface area (TPSA) is 40.5 Å². The number of aliphatic carboxylic acids is 1. The Morgan fingerprint density at radius 2 is 1.59 bits per heavy atom. The van der Waals surface area contributed by atoms with Crippen molar-refractivity contribution in [3.05, 3.63) is 28.3 Å². The molecule has 0 radical (unpaired) electrons. The highest BCUT2D eigenvalue weighted by Gasteiger charge is 2.21. The van der Waals surface area contributed by atoms with E-state index >= 15 is 0 Å². The van der Waals surface area contributed by atoms with E-state index in [2.05, 4.69) is 19.9 Å². The van der Waals surface area contributed by atoms with Crippen LogP contribution in [0.5, 0.6) is 0 Å². The zero-order chi connectivity index (χ0) is 13.3. The molecule has 0 heterocycles. The number of likely N-dealkylation sites (N-methyl/N-ethyl adjacent to an activating group) is 1. The number of carbonyl (C=O) groups is 1. The van der Waals surface area contributed by atoms with Crippen LogP contribution in [-0.4, -0.2) is 24.2 Å². The zero-order valence-corrected chi connectivity index (χ0v) is 11.5. The predicted molar refractivity (Wildman–Crippen MR) is 70.9 cm³/mol. The second-order valence-corrected chi connectivity index (χ2v) is 4.73. The first-order valence-corrected chi connectivity index (χ1v) is 5.80. The van der Waals surface area contributed by atoms with Crippen molar-refractivity contribution in [3.8, 4) is 0 Å². The maximum atomic E-state index is 11.1. The van der Waals surface area contributed by atoms with Gasteiger partial charge >= 0.3 is 5.97 Å². The van der Waals surface area contributed by atoms with Gasteiger partial charge in [0.2, 0.25) is 0 Å². The molecule has 1 aromatic carbocycles. The molecule has 1 N–H and O–H groups in total. The van der Waals surface area contributed by atoms with Crippen LogP contribution in [0.15, 0.2) is 6.07 Å². The van der Waals surface area contributed by atoms with Crippen molar-refractivity contribution < 1.29 is 9.90 Å². The molecule has 3 heteroatoms. The molecular formula is C14H21NO2. The van der Waals surface area contributed by atoms with Gasteiger partial charge in [-0.25, -0.2) is 4.79 Å². The first-order chi connectivity index (χ1) is 7.77. The SMILES string of the molecule is Cc1cc(C)c(C)c(N(C)C(C)C(=O)O)c1C. The lowest BCUT2D eigenvalue weighted by molar-refractivity contribution is -0.138. The molecule has 0 aromatic heterocycles. The number of benzene rings is 1. The van der Waals surface area contributed by atoms with Crippen molar-refractivity contribution >= 4 is 11.7 Å². The molecular weight excluding hydrogens is 214 g/mol. The molecule has 0 aliphatic carbocycles. The van der Waals surface area contributed by atoms with Gasteiger partial charge in [-0.05, 0) is 56.9 Å². The Hall–Kier alpha value is -1.51. The fraction of sp³-hybridized carbons (Fsp3) is 0.500. The van der Waals surface area contributed by atoms with Crippen molar-refractivity contribution in [2.24, 2.45) is 0 Å². The Kier molecular flexibility index (Phi) is 3.81. The summed E-state index contributed by atoms with van der Waals surface area (Å²) in [5.74, 6) is -0.801. The summed E-state index contributed by atoms with van der Waals surface area (Å²) in [5.41, 5.74) is 5.75. The van der Waals surface area contributed by atoms with E-state index in [1.807, 2.05) is 25.8 Å². The van der Waals surface area contributed by atoms with Crippen LogP contribution < -0.4 is 4.90 Å². The molecule has 1 rings (SSSR count). The summed E-state index contributed by atoms with van der Waals surface area (Å²) in [6, 6.07) is 1.63. The van der Waals surface area contributed by atoms with Gasteiger partial charge in [0.15, 0.2) is 0 Å². The Labute approximate surface area is 103 Å². The summed E-state index contributed by atoms with van der Waals surface area (Å²) >= 11 is 0. The highest BCUT2D eigenvalue weighted by atomic mass is 16.4. The van der Waals surface area contributed by atoms with E-state index in [0.717, 1.165) is 16.8 Å². The lowest BCUT2D eigenvalue weighted by atomic mass is 9.97. The highest BCUT2D eigenvalue weighted by molar-refractivity contribution is 5.79. The lowest BCUT2D eigenvalue weighted by Gasteiger charge is -2.29. The van der Waals surface area contributed by atoms with Gasteiger partial charge in [-0.3, -0.25) is 0 Å². The standard InChI is InChI=1S/C14H21NO2/c1-8-7-9(2)11(4)13(10(8)3)15(6)12(5)14(16)17/h7,12H,1-6H3,(H,16,17). The molecule has 0 bridgehead atoms. The molecule has 0 spiro atoms. The van der Waals surface area contributed by atoms with Gasteiger partial charge in [-0.2, -0.15) is 0 Å². The van der Waals surface area contributed by atoms with E-state index in [-0.39, 0.29) is 0 Å². The number of aryl methyl sites for hydroxylation is 2. The molecule has 1 atom stereocenters. The normalized spacial score (nSPS) is 12.4. The quantitative estimate of drug-likeness (QED) is 0.875. The summed E-state index contributed by atoms with van der Waals surface area (Å²) in [7, 11) is 1.84. The van der Waals surface area contributed by atoms with E-state index in [0.29, 0.717) is 0 Å². The van der Waals surface area contributed by atoms with Gasteiger partial charge in [0.05, 0.1) is 0 Å². The van der Waals surface area contributed by atoms with Crippen LogP contribution in [0.1, 0.15) is 29.2 Å². The maximum absolute atomic E-state index is 11.1. The molecule has 3 nitrogen and oxygen atoms in total. The van der Waals surface area contributed by atoms with E-state index < -0.39 is 12.0 Å². The van der Waals surface area contributed by atoms with E-state index in [1.54, 1.807) is 6.92 Å². The minimum absolute atomic E-state index is 0.520. The largest absolute Gasteiger partial charge is 0.480 e. The number of carboxylic acid groups (broad SMARTS) is 1. The molecule has 1 unspecified atom stereocenters. The Morgan fingerprint density at radius 1 is 1.18 bits per heavy atom. The second-order valence-electron chi connectivity index (χ2n) is 4.73. The van der Waals surface area contributed by atoms with Gasteiger partial charge in [0.1, 0.15) is 6.04 Å². The minimum atomic E-state index is -0.801. The average molecular weight is 235 g/mol. The summed E-state index contributed by atoms with van der Waals surface area (Å²) < 4.78 is 0. The van der Waals surface area contributed by atoms with Crippen molar-refractivity contribution in [2.45, 2.75) is 40.7 Å². The number of hydrogen-bond acceptors (Lipinski definition) is 2. The van der Waals surface area contributed by atoms with Crippen LogP contribution in [0.4, 0.5) is 5.69 Å². The molecule has 0 saturated heterocycles. The third-order valence-corrected chi connectivity index (χ3v) is 3.62. The number of carboxylic acids is 1. The number of hydrogen-bond donors (Lipinski definition) is 1. The van der Waals surface area contributed by atoms with Crippen LogP contribution in [0.25, 0.3) is 0 Å². The molecule has 0 aliphatic heterocycles. The lowest BCUT2D eigenvalue weighted by Crippen LogP contribution is -2.36. The fourth-order valence-corrected chi connectivity index (χ4v) is 2.08. The monoisotopic (exact) mass is 235 g/mol. The van der Waals surface area contributed by atoms with Gasteiger partial charge in [-0.15, -0.1) is 0 Å².